The molecule has 0 radical (unpaired) electrons. The van der Waals surface area contributed by atoms with Crippen LogP contribution in [0, 0.1) is 0 Å². The molecule has 4 rings (SSSR count). The predicted molar refractivity (Wildman–Crippen MR) is 99.1 cm³/mol. The van der Waals surface area contributed by atoms with Gasteiger partial charge in [-0.15, -0.1) is 11.3 Å². The molecule has 0 saturated carbocycles. The van der Waals surface area contributed by atoms with Gasteiger partial charge in [-0.05, 0) is 30.3 Å². The molecule has 0 unspecified atom stereocenters. The summed E-state index contributed by atoms with van der Waals surface area (Å²) in [6, 6.07) is 11.0. The molecule has 3 amide bonds. The number of hydrogen-bond donors (Lipinski definition) is 1. The monoisotopic (exact) mass is 383 g/mol. The number of carbonyl (C=O) groups is 3. The minimum absolute atomic E-state index is 0.168. The maximum absolute atomic E-state index is 12.8. The van der Waals surface area contributed by atoms with Gasteiger partial charge in [-0.3, -0.25) is 19.7 Å². The first-order valence-electron chi connectivity index (χ1n) is 7.54. The van der Waals surface area contributed by atoms with Gasteiger partial charge in [0.2, 0.25) is 0 Å². The Kier molecular flexibility index (Phi) is 4.02. The number of thiazole rings is 1. The first-order chi connectivity index (χ1) is 12.6. The normalized spacial score (nSPS) is 13.0. The highest BCUT2D eigenvalue weighted by Crippen LogP contribution is 2.33. The topological polar surface area (TPSA) is 79.4 Å². The number of hydrogen-bond acceptors (Lipinski definition) is 5. The molecular formula is C18H10ClN3O3S. The molecular weight excluding hydrogens is 374 g/mol. The zero-order chi connectivity index (χ0) is 18.3. The van der Waals surface area contributed by atoms with Gasteiger partial charge in [0.25, 0.3) is 17.7 Å². The van der Waals surface area contributed by atoms with Crippen LogP contribution < -0.4 is 10.2 Å². The van der Waals surface area contributed by atoms with Gasteiger partial charge in [-0.2, -0.15) is 0 Å². The summed E-state index contributed by atoms with van der Waals surface area (Å²) in [5, 5.41) is 5.13. The molecule has 1 aromatic heterocycles. The lowest BCUT2D eigenvalue weighted by atomic mass is 10.1. The SMILES string of the molecule is O=C(Nc1nccs1)c1ccc2c(c1)C(=O)N(c1ccccc1Cl)C2=O. The Hall–Kier alpha value is -3.03. The number of carbonyl (C=O) groups excluding carboxylic acids is 3. The van der Waals surface area contributed by atoms with Crippen LogP contribution in [0.1, 0.15) is 31.1 Å². The molecule has 0 aliphatic carbocycles. The van der Waals surface area contributed by atoms with E-state index in [0.29, 0.717) is 15.8 Å². The van der Waals surface area contributed by atoms with Crippen molar-refractivity contribution in [2.75, 3.05) is 10.2 Å². The number of halogens is 1. The highest BCUT2D eigenvalue weighted by Gasteiger charge is 2.38. The van der Waals surface area contributed by atoms with E-state index >= 15 is 0 Å². The van der Waals surface area contributed by atoms with Gasteiger partial charge in [0, 0.05) is 17.1 Å². The summed E-state index contributed by atoms with van der Waals surface area (Å²) >= 11 is 7.41. The summed E-state index contributed by atoms with van der Waals surface area (Å²) in [6.45, 7) is 0. The van der Waals surface area contributed by atoms with E-state index in [-0.39, 0.29) is 16.7 Å². The van der Waals surface area contributed by atoms with Crippen molar-refractivity contribution in [2.24, 2.45) is 0 Å². The Balaban J connectivity index is 1.68. The van der Waals surface area contributed by atoms with E-state index in [0.717, 1.165) is 4.90 Å². The van der Waals surface area contributed by atoms with Gasteiger partial charge in [0.15, 0.2) is 5.13 Å². The largest absolute Gasteiger partial charge is 0.298 e. The summed E-state index contributed by atoms with van der Waals surface area (Å²) in [6.07, 6.45) is 1.58. The lowest BCUT2D eigenvalue weighted by molar-refractivity contribution is 0.0925. The van der Waals surface area contributed by atoms with Crippen molar-refractivity contribution < 1.29 is 14.4 Å². The fourth-order valence-electron chi connectivity index (χ4n) is 2.69. The fraction of sp³-hybridized carbons (Fsp3) is 0. The van der Waals surface area contributed by atoms with E-state index in [1.54, 1.807) is 35.8 Å². The molecule has 0 bridgehead atoms. The lowest BCUT2D eigenvalue weighted by Crippen LogP contribution is -2.29. The van der Waals surface area contributed by atoms with Crippen LogP contribution in [0.2, 0.25) is 5.02 Å². The average Bonchev–Trinajstić information content (AvgIpc) is 3.23. The quantitative estimate of drug-likeness (QED) is 0.697. The average molecular weight is 384 g/mol. The number of imide groups is 1. The number of amides is 3. The van der Waals surface area contributed by atoms with Gasteiger partial charge in [-0.25, -0.2) is 9.88 Å². The van der Waals surface area contributed by atoms with Crippen molar-refractivity contribution >= 4 is 51.5 Å². The molecule has 8 heteroatoms. The van der Waals surface area contributed by atoms with Gasteiger partial charge in [0.05, 0.1) is 21.8 Å². The summed E-state index contributed by atoms with van der Waals surface area (Å²) in [5.41, 5.74) is 0.984. The first kappa shape index (κ1) is 16.4. The van der Waals surface area contributed by atoms with E-state index < -0.39 is 17.7 Å². The van der Waals surface area contributed by atoms with Gasteiger partial charge >= 0.3 is 0 Å². The van der Waals surface area contributed by atoms with Crippen LogP contribution in [0.15, 0.2) is 54.0 Å². The molecule has 1 aliphatic rings. The Morgan fingerprint density at radius 1 is 1.08 bits per heavy atom. The van der Waals surface area contributed by atoms with Crippen LogP contribution in [-0.4, -0.2) is 22.7 Å². The number of nitrogens with one attached hydrogen (secondary N) is 1. The van der Waals surface area contributed by atoms with Crippen molar-refractivity contribution in [3.8, 4) is 0 Å². The lowest BCUT2D eigenvalue weighted by Gasteiger charge is -2.15. The zero-order valence-corrected chi connectivity index (χ0v) is 14.7. The second-order valence-electron chi connectivity index (χ2n) is 5.45. The van der Waals surface area contributed by atoms with E-state index in [2.05, 4.69) is 10.3 Å². The van der Waals surface area contributed by atoms with Gasteiger partial charge in [-0.1, -0.05) is 23.7 Å². The number of benzene rings is 2. The molecule has 1 N–H and O–H groups in total. The molecule has 1 aliphatic heterocycles. The third-order valence-corrected chi connectivity index (χ3v) is 4.90. The van der Waals surface area contributed by atoms with Crippen LogP contribution in [0.4, 0.5) is 10.8 Å². The highest BCUT2D eigenvalue weighted by molar-refractivity contribution is 7.13. The summed E-state index contributed by atoms with van der Waals surface area (Å²) in [7, 11) is 0. The Labute approximate surface area is 157 Å². The zero-order valence-electron chi connectivity index (χ0n) is 13.1. The fourth-order valence-corrected chi connectivity index (χ4v) is 3.43. The van der Waals surface area contributed by atoms with E-state index in [1.807, 2.05) is 0 Å². The first-order valence-corrected chi connectivity index (χ1v) is 8.80. The molecule has 3 aromatic rings. The number of fused-ring (bicyclic) bond motifs is 1. The van der Waals surface area contributed by atoms with Crippen LogP contribution in [0.3, 0.4) is 0 Å². The Bertz CT molecular complexity index is 1050. The van der Waals surface area contributed by atoms with E-state index in [9.17, 15) is 14.4 Å². The summed E-state index contributed by atoms with van der Waals surface area (Å²) in [4.78, 5) is 42.7. The smallest absolute Gasteiger partial charge is 0.266 e. The molecule has 128 valence electrons. The van der Waals surface area contributed by atoms with Crippen LogP contribution in [0.5, 0.6) is 0 Å². The predicted octanol–water partition coefficient (Wildman–Crippen LogP) is 3.85. The van der Waals surface area contributed by atoms with Gasteiger partial charge in [0.1, 0.15) is 0 Å². The minimum atomic E-state index is -0.512. The van der Waals surface area contributed by atoms with Crippen molar-refractivity contribution in [3.05, 3.63) is 75.8 Å². The standard InChI is InChI=1S/C18H10ClN3O3S/c19-13-3-1-2-4-14(13)22-16(24)11-6-5-10(9-12(11)17(22)25)15(23)21-18-20-7-8-26-18/h1-9H,(H,20,21,23). The molecule has 0 atom stereocenters. The van der Waals surface area contributed by atoms with Crippen molar-refractivity contribution in [1.29, 1.82) is 0 Å². The molecule has 0 spiro atoms. The highest BCUT2D eigenvalue weighted by atomic mass is 35.5. The number of aromatic nitrogens is 1. The van der Waals surface area contributed by atoms with Crippen LogP contribution in [-0.2, 0) is 0 Å². The Morgan fingerprint density at radius 3 is 2.58 bits per heavy atom. The molecule has 0 saturated heterocycles. The molecule has 0 fully saturated rings. The number of rotatable bonds is 3. The molecule has 2 aromatic carbocycles. The second kappa shape index (κ2) is 6.36. The number of para-hydroxylation sites is 1. The molecule has 2 heterocycles. The van der Waals surface area contributed by atoms with E-state index in [4.69, 9.17) is 11.6 Å². The number of anilines is 2. The molecule has 6 nitrogen and oxygen atoms in total. The summed E-state index contributed by atoms with van der Waals surface area (Å²) < 4.78 is 0. The van der Waals surface area contributed by atoms with Gasteiger partial charge < -0.3 is 0 Å². The Morgan fingerprint density at radius 2 is 1.85 bits per heavy atom. The maximum Gasteiger partial charge on any atom is 0.266 e. The maximum atomic E-state index is 12.8. The van der Waals surface area contributed by atoms with Crippen molar-refractivity contribution in [1.82, 2.24) is 4.98 Å². The van der Waals surface area contributed by atoms with Crippen LogP contribution in [0.25, 0.3) is 0 Å². The number of nitrogens with zero attached hydrogens (tertiary/aromatic N) is 2. The molecule has 26 heavy (non-hydrogen) atoms. The summed E-state index contributed by atoms with van der Waals surface area (Å²) in [5.74, 6) is -1.38. The van der Waals surface area contributed by atoms with Crippen LogP contribution >= 0.6 is 22.9 Å². The minimum Gasteiger partial charge on any atom is -0.298 e. The van der Waals surface area contributed by atoms with E-state index in [1.165, 1.54) is 29.5 Å². The van der Waals surface area contributed by atoms with Crippen molar-refractivity contribution in [3.63, 3.8) is 0 Å². The second-order valence-corrected chi connectivity index (χ2v) is 6.75. The third-order valence-electron chi connectivity index (χ3n) is 3.89. The van der Waals surface area contributed by atoms with Crippen molar-refractivity contribution in [2.45, 2.75) is 0 Å². The third kappa shape index (κ3) is 2.67.